The topological polar surface area (TPSA) is 143 Å². The van der Waals surface area contributed by atoms with Crippen molar-refractivity contribution in [2.75, 3.05) is 38.1 Å². The molecule has 3 aromatic carbocycles. The number of nitrogens with zero attached hydrogens (tertiary/aromatic N) is 2. The number of carbonyl (C=O) groups is 1. The van der Waals surface area contributed by atoms with E-state index in [9.17, 15) is 31.1 Å². The summed E-state index contributed by atoms with van der Waals surface area (Å²) in [6.45, 7) is 7.26. The van der Waals surface area contributed by atoms with Crippen molar-refractivity contribution in [3.63, 3.8) is 0 Å². The zero-order valence-corrected chi connectivity index (χ0v) is 30.1. The largest absolute Gasteiger partial charge is 0.490 e. The first-order valence-corrected chi connectivity index (χ1v) is 19.2. The smallest absolute Gasteiger partial charge is 0.261 e. The molecule has 0 unspecified atom stereocenters. The monoisotopic (exact) mass is 719 g/mol. The quantitative estimate of drug-likeness (QED) is 0.313. The number of ether oxygens (including phenoxy) is 2. The second kappa shape index (κ2) is 16.4. The first-order chi connectivity index (χ1) is 23.1. The predicted molar refractivity (Wildman–Crippen MR) is 185 cm³/mol. The standard InChI is InChI=1S/C35H46FN3O8S2/c1-24-9-14-30(15-10-24)48(42,43)37-29-13-18-33-32(20-29)35(41)39(26(3)23-40)21-25(2)34(46-19-7-6-8-27(4)47-33)22-38(5)49(44,45)31-16-11-28(36)12-17-31/h9-18,20,25-27,34,37,40H,6-8,19,21-23H2,1-5H3/t25-,26-,27+,34+/m0/s1. The van der Waals surface area contributed by atoms with E-state index in [-0.39, 0.29) is 52.6 Å². The van der Waals surface area contributed by atoms with Crippen LogP contribution in [0.4, 0.5) is 10.1 Å². The molecule has 49 heavy (non-hydrogen) atoms. The maximum Gasteiger partial charge on any atom is 0.261 e. The van der Waals surface area contributed by atoms with E-state index in [1.165, 1.54) is 48.3 Å². The van der Waals surface area contributed by atoms with E-state index in [4.69, 9.17) is 9.47 Å². The summed E-state index contributed by atoms with van der Waals surface area (Å²) in [5.41, 5.74) is 1.17. The summed E-state index contributed by atoms with van der Waals surface area (Å²) in [7, 11) is -6.53. The molecule has 0 aliphatic carbocycles. The second-order valence-electron chi connectivity index (χ2n) is 12.7. The fourth-order valence-corrected chi connectivity index (χ4v) is 7.75. The Morgan fingerprint density at radius 3 is 2.31 bits per heavy atom. The lowest BCUT2D eigenvalue weighted by Crippen LogP contribution is -2.48. The molecule has 4 atom stereocenters. The molecule has 0 saturated heterocycles. The van der Waals surface area contributed by atoms with Gasteiger partial charge in [-0.3, -0.25) is 9.52 Å². The Morgan fingerprint density at radius 1 is 1.00 bits per heavy atom. The molecule has 4 rings (SSSR count). The van der Waals surface area contributed by atoms with Crippen LogP contribution in [0.15, 0.2) is 76.5 Å². The third-order valence-electron chi connectivity index (χ3n) is 8.59. The lowest BCUT2D eigenvalue weighted by atomic mass is 10.0. The molecule has 2 N–H and O–H groups in total. The van der Waals surface area contributed by atoms with Crippen LogP contribution in [0.3, 0.4) is 0 Å². The Morgan fingerprint density at radius 2 is 1.65 bits per heavy atom. The Balaban J connectivity index is 1.67. The molecular formula is C35H46FN3O8S2. The molecule has 3 aromatic rings. The van der Waals surface area contributed by atoms with Crippen LogP contribution in [0.25, 0.3) is 0 Å². The maximum absolute atomic E-state index is 14.4. The number of rotatable bonds is 9. The van der Waals surface area contributed by atoms with Gasteiger partial charge in [0.2, 0.25) is 10.0 Å². The van der Waals surface area contributed by atoms with Gasteiger partial charge in [0.15, 0.2) is 0 Å². The molecule has 1 aliphatic heterocycles. The van der Waals surface area contributed by atoms with Crippen molar-refractivity contribution in [3.05, 3.63) is 83.7 Å². The van der Waals surface area contributed by atoms with Gasteiger partial charge in [-0.05, 0) is 94.6 Å². The number of hydrogen-bond donors (Lipinski definition) is 2. The zero-order chi connectivity index (χ0) is 35.9. The van der Waals surface area contributed by atoms with E-state index in [1.54, 1.807) is 25.1 Å². The van der Waals surface area contributed by atoms with E-state index >= 15 is 0 Å². The average molecular weight is 720 g/mol. The minimum atomic E-state index is -3.98. The molecule has 1 heterocycles. The molecule has 268 valence electrons. The number of aryl methyl sites for hydroxylation is 1. The van der Waals surface area contributed by atoms with Crippen LogP contribution in [0.2, 0.25) is 0 Å². The Labute approximate surface area is 289 Å². The van der Waals surface area contributed by atoms with Crippen molar-refractivity contribution in [2.24, 2.45) is 5.92 Å². The Kier molecular flexibility index (Phi) is 12.8. The molecule has 0 bridgehead atoms. The van der Waals surface area contributed by atoms with Crippen LogP contribution < -0.4 is 9.46 Å². The summed E-state index contributed by atoms with van der Waals surface area (Å²) in [4.78, 5) is 15.8. The molecule has 0 radical (unpaired) electrons. The van der Waals surface area contributed by atoms with Crippen molar-refractivity contribution in [1.29, 1.82) is 0 Å². The normalized spacial score (nSPS) is 20.6. The third kappa shape index (κ3) is 9.79. The Bertz CT molecular complexity index is 1790. The zero-order valence-electron chi connectivity index (χ0n) is 28.5. The van der Waals surface area contributed by atoms with E-state index < -0.39 is 49.8 Å². The van der Waals surface area contributed by atoms with E-state index in [1.807, 2.05) is 20.8 Å². The maximum atomic E-state index is 14.4. The highest BCUT2D eigenvalue weighted by atomic mass is 32.2. The van der Waals surface area contributed by atoms with E-state index in [0.717, 1.165) is 28.4 Å². The van der Waals surface area contributed by atoms with Crippen molar-refractivity contribution in [3.8, 4) is 5.75 Å². The number of fused-ring (bicyclic) bond motifs is 1. The Hall–Kier alpha value is -3.56. The highest BCUT2D eigenvalue weighted by Crippen LogP contribution is 2.30. The van der Waals surface area contributed by atoms with Gasteiger partial charge in [-0.2, -0.15) is 4.31 Å². The van der Waals surface area contributed by atoms with Gasteiger partial charge in [0.1, 0.15) is 11.6 Å². The lowest BCUT2D eigenvalue weighted by Gasteiger charge is -2.35. The van der Waals surface area contributed by atoms with Crippen LogP contribution >= 0.6 is 0 Å². The summed E-state index contributed by atoms with van der Waals surface area (Å²) in [6, 6.07) is 14.8. The predicted octanol–water partition coefficient (Wildman–Crippen LogP) is 5.05. The van der Waals surface area contributed by atoms with Crippen LogP contribution in [-0.4, -0.2) is 88.7 Å². The minimum Gasteiger partial charge on any atom is -0.490 e. The SMILES string of the molecule is Cc1ccc(S(=O)(=O)Nc2ccc3c(c2)C(=O)N([C@@H](C)CO)C[C@H](C)[C@@H](CN(C)S(=O)(=O)c2ccc(F)cc2)OCCCC[C@@H](C)O3)cc1. The average Bonchev–Trinajstić information content (AvgIpc) is 3.06. The number of carbonyl (C=O) groups excluding carboxylic acids is 1. The highest BCUT2D eigenvalue weighted by Gasteiger charge is 2.32. The molecule has 14 heteroatoms. The number of benzene rings is 3. The minimum absolute atomic E-state index is 0.0442. The molecule has 0 fully saturated rings. The summed E-state index contributed by atoms with van der Waals surface area (Å²) >= 11 is 0. The number of nitrogens with one attached hydrogen (secondary N) is 1. The van der Waals surface area contributed by atoms with Crippen molar-refractivity contribution < 1.29 is 40.6 Å². The number of likely N-dealkylation sites (N-methyl/N-ethyl adjacent to an activating group) is 1. The second-order valence-corrected chi connectivity index (χ2v) is 16.4. The van der Waals surface area contributed by atoms with Gasteiger partial charge < -0.3 is 19.5 Å². The summed E-state index contributed by atoms with van der Waals surface area (Å²) < 4.78 is 82.8. The number of hydrogen-bond acceptors (Lipinski definition) is 8. The first kappa shape index (κ1) is 38.2. The van der Waals surface area contributed by atoms with Crippen LogP contribution in [0.5, 0.6) is 5.75 Å². The lowest BCUT2D eigenvalue weighted by molar-refractivity contribution is -0.00834. The highest BCUT2D eigenvalue weighted by molar-refractivity contribution is 7.92. The van der Waals surface area contributed by atoms with Gasteiger partial charge in [0.25, 0.3) is 15.9 Å². The van der Waals surface area contributed by atoms with E-state index in [0.29, 0.717) is 19.4 Å². The van der Waals surface area contributed by atoms with Gasteiger partial charge in [-0.25, -0.2) is 21.2 Å². The summed E-state index contributed by atoms with van der Waals surface area (Å²) in [5.74, 6) is -1.20. The van der Waals surface area contributed by atoms with E-state index in [2.05, 4.69) is 4.72 Å². The third-order valence-corrected chi connectivity index (χ3v) is 11.8. The van der Waals surface area contributed by atoms with Crippen LogP contribution in [0, 0.1) is 18.7 Å². The number of halogens is 1. The number of anilines is 1. The van der Waals surface area contributed by atoms with Crippen molar-refractivity contribution >= 4 is 31.6 Å². The molecular weight excluding hydrogens is 674 g/mol. The number of amides is 1. The number of aliphatic hydroxyl groups excluding tert-OH is 1. The van der Waals surface area contributed by atoms with Gasteiger partial charge >= 0.3 is 0 Å². The van der Waals surface area contributed by atoms with Crippen molar-refractivity contribution in [2.45, 2.75) is 75.0 Å². The fourth-order valence-electron chi connectivity index (χ4n) is 5.52. The summed E-state index contributed by atoms with van der Waals surface area (Å²) in [6.07, 6.45) is 1.10. The van der Waals surface area contributed by atoms with Crippen LogP contribution in [0.1, 0.15) is 56.0 Å². The summed E-state index contributed by atoms with van der Waals surface area (Å²) in [5, 5.41) is 10.2. The number of sulfonamides is 2. The van der Waals surface area contributed by atoms with Crippen molar-refractivity contribution in [1.82, 2.24) is 9.21 Å². The molecule has 11 nitrogen and oxygen atoms in total. The molecule has 0 spiro atoms. The first-order valence-electron chi connectivity index (χ1n) is 16.3. The van der Waals surface area contributed by atoms with Gasteiger partial charge in [-0.1, -0.05) is 24.6 Å². The van der Waals surface area contributed by atoms with Gasteiger partial charge in [0, 0.05) is 38.3 Å². The molecule has 0 aromatic heterocycles. The number of aliphatic hydroxyl groups is 1. The molecule has 1 amide bonds. The van der Waals surface area contributed by atoms with Crippen LogP contribution in [-0.2, 0) is 24.8 Å². The molecule has 1 aliphatic rings. The fraction of sp³-hybridized carbons (Fsp3) is 0.457. The van der Waals surface area contributed by atoms with Gasteiger partial charge in [-0.15, -0.1) is 0 Å². The molecule has 0 saturated carbocycles. The van der Waals surface area contributed by atoms with Gasteiger partial charge in [0.05, 0.1) is 40.2 Å².